The number of amides is 1. The van der Waals surface area contributed by atoms with Gasteiger partial charge in [-0.2, -0.15) is 0 Å². The zero-order valence-corrected chi connectivity index (χ0v) is 11.0. The number of nitrogens with one attached hydrogen (secondary N) is 1. The molecule has 1 rings (SSSR count). The van der Waals surface area contributed by atoms with Crippen LogP contribution in [0.25, 0.3) is 0 Å². The van der Waals surface area contributed by atoms with E-state index in [0.717, 1.165) is 11.4 Å². The summed E-state index contributed by atoms with van der Waals surface area (Å²) in [5.41, 5.74) is -0.457. The molecule has 0 atom stereocenters. The van der Waals surface area contributed by atoms with Crippen LogP contribution in [0.5, 0.6) is 0 Å². The fraction of sp³-hybridized carbons (Fsp3) is 0.636. The van der Waals surface area contributed by atoms with E-state index in [1.54, 1.807) is 11.3 Å². The third-order valence-corrected chi connectivity index (χ3v) is 2.87. The van der Waals surface area contributed by atoms with Gasteiger partial charge in [-0.25, -0.2) is 9.78 Å². The van der Waals surface area contributed by atoms with Gasteiger partial charge in [0.25, 0.3) is 0 Å². The summed E-state index contributed by atoms with van der Waals surface area (Å²) >= 11 is 1.61. The molecular weight excluding hydrogens is 224 g/mol. The molecule has 1 aromatic heterocycles. The first-order chi connectivity index (χ1) is 7.40. The van der Waals surface area contributed by atoms with Gasteiger partial charge in [-0.05, 0) is 27.2 Å². The molecule has 1 amide bonds. The van der Waals surface area contributed by atoms with Crippen LogP contribution < -0.4 is 5.32 Å². The lowest BCUT2D eigenvalue weighted by Gasteiger charge is -2.19. The Morgan fingerprint density at radius 3 is 2.75 bits per heavy atom. The molecule has 16 heavy (non-hydrogen) atoms. The molecule has 0 fully saturated rings. The number of hydrogen-bond acceptors (Lipinski definition) is 4. The van der Waals surface area contributed by atoms with Crippen molar-refractivity contribution in [1.29, 1.82) is 0 Å². The smallest absolute Gasteiger partial charge is 0.408 e. The standard InChI is InChI=1S/C11H18N2O2S/c1-5-8-6-12-9(16-8)7-13-10(14)15-11(2,3)4/h6H,5,7H2,1-4H3,(H,13,14). The van der Waals surface area contributed by atoms with Crippen LogP contribution in [-0.4, -0.2) is 16.7 Å². The van der Waals surface area contributed by atoms with Gasteiger partial charge in [0.1, 0.15) is 10.6 Å². The van der Waals surface area contributed by atoms with Crippen molar-refractivity contribution in [3.05, 3.63) is 16.1 Å². The van der Waals surface area contributed by atoms with Gasteiger partial charge in [0.2, 0.25) is 0 Å². The average Bonchev–Trinajstić information content (AvgIpc) is 2.59. The SMILES string of the molecule is CCc1cnc(CNC(=O)OC(C)(C)C)s1. The van der Waals surface area contributed by atoms with Crippen LogP contribution in [0.3, 0.4) is 0 Å². The normalized spacial score (nSPS) is 11.2. The van der Waals surface area contributed by atoms with E-state index in [0.29, 0.717) is 6.54 Å². The maximum atomic E-state index is 11.4. The topological polar surface area (TPSA) is 51.2 Å². The number of nitrogens with zero attached hydrogens (tertiary/aromatic N) is 1. The number of alkyl carbamates (subject to hydrolysis) is 1. The highest BCUT2D eigenvalue weighted by Crippen LogP contribution is 2.13. The Balaban J connectivity index is 2.37. The van der Waals surface area contributed by atoms with Crippen LogP contribution in [0.15, 0.2) is 6.20 Å². The molecule has 5 heteroatoms. The first-order valence-electron chi connectivity index (χ1n) is 5.31. The number of thiazole rings is 1. The molecule has 4 nitrogen and oxygen atoms in total. The summed E-state index contributed by atoms with van der Waals surface area (Å²) in [6.07, 6.45) is 2.42. The average molecular weight is 242 g/mol. The molecule has 1 aromatic rings. The predicted molar refractivity (Wildman–Crippen MR) is 64.6 cm³/mol. The molecule has 1 heterocycles. The second kappa shape index (κ2) is 5.30. The Morgan fingerprint density at radius 2 is 2.25 bits per heavy atom. The van der Waals surface area contributed by atoms with Crippen molar-refractivity contribution >= 4 is 17.4 Å². The number of ether oxygens (including phenoxy) is 1. The first kappa shape index (κ1) is 13.0. The summed E-state index contributed by atoms with van der Waals surface area (Å²) in [6.45, 7) is 8.03. The van der Waals surface area contributed by atoms with Crippen molar-refractivity contribution in [1.82, 2.24) is 10.3 Å². The van der Waals surface area contributed by atoms with Crippen LogP contribution in [0.2, 0.25) is 0 Å². The molecule has 90 valence electrons. The lowest BCUT2D eigenvalue weighted by molar-refractivity contribution is 0.0523. The zero-order chi connectivity index (χ0) is 12.2. The third-order valence-electron chi connectivity index (χ3n) is 1.73. The van der Waals surface area contributed by atoms with Crippen molar-refractivity contribution in [3.8, 4) is 0 Å². The minimum atomic E-state index is -0.457. The number of carbonyl (C=O) groups excluding carboxylic acids is 1. The Morgan fingerprint density at radius 1 is 1.56 bits per heavy atom. The lowest BCUT2D eigenvalue weighted by atomic mass is 10.2. The predicted octanol–water partition coefficient (Wildman–Crippen LogP) is 2.73. The molecule has 1 N–H and O–H groups in total. The fourth-order valence-corrected chi connectivity index (χ4v) is 1.86. The summed E-state index contributed by atoms with van der Waals surface area (Å²) < 4.78 is 5.12. The maximum Gasteiger partial charge on any atom is 0.408 e. The summed E-state index contributed by atoms with van der Waals surface area (Å²) in [7, 11) is 0. The fourth-order valence-electron chi connectivity index (χ4n) is 1.06. The summed E-state index contributed by atoms with van der Waals surface area (Å²) in [5.74, 6) is 0. The highest BCUT2D eigenvalue weighted by atomic mass is 32.1. The molecule has 0 unspecified atom stereocenters. The molecule has 0 radical (unpaired) electrons. The quantitative estimate of drug-likeness (QED) is 0.886. The van der Waals surface area contributed by atoms with Gasteiger partial charge in [-0.3, -0.25) is 0 Å². The monoisotopic (exact) mass is 242 g/mol. The molecule has 0 aliphatic rings. The minimum absolute atomic E-state index is 0.402. The van der Waals surface area contributed by atoms with Crippen LogP contribution in [0.1, 0.15) is 37.6 Å². The van der Waals surface area contributed by atoms with Gasteiger partial charge >= 0.3 is 6.09 Å². The van der Waals surface area contributed by atoms with Crippen molar-refractivity contribution in [2.75, 3.05) is 0 Å². The summed E-state index contributed by atoms with van der Waals surface area (Å²) in [6, 6.07) is 0. The molecule has 0 bridgehead atoms. The minimum Gasteiger partial charge on any atom is -0.444 e. The Bertz CT molecular complexity index is 355. The van der Waals surface area contributed by atoms with Crippen molar-refractivity contribution < 1.29 is 9.53 Å². The molecule has 0 spiro atoms. The zero-order valence-electron chi connectivity index (χ0n) is 10.2. The van der Waals surface area contributed by atoms with E-state index in [-0.39, 0.29) is 0 Å². The van der Waals surface area contributed by atoms with Crippen molar-refractivity contribution in [2.24, 2.45) is 0 Å². The number of carbonyl (C=O) groups is 1. The number of hydrogen-bond donors (Lipinski definition) is 1. The van der Waals surface area contributed by atoms with Crippen LogP contribution >= 0.6 is 11.3 Å². The highest BCUT2D eigenvalue weighted by molar-refractivity contribution is 7.11. The van der Waals surface area contributed by atoms with E-state index in [9.17, 15) is 4.79 Å². The third kappa shape index (κ3) is 4.61. The Hall–Kier alpha value is -1.10. The van der Waals surface area contributed by atoms with Crippen molar-refractivity contribution in [2.45, 2.75) is 46.3 Å². The maximum absolute atomic E-state index is 11.4. The van der Waals surface area contributed by atoms with E-state index in [4.69, 9.17) is 4.74 Å². The molecule has 0 aliphatic carbocycles. The second-order valence-electron chi connectivity index (χ2n) is 4.43. The number of aromatic nitrogens is 1. The molecular formula is C11H18N2O2S. The van der Waals surface area contributed by atoms with E-state index < -0.39 is 11.7 Å². The number of aryl methyl sites for hydroxylation is 1. The largest absolute Gasteiger partial charge is 0.444 e. The Labute approximate surface area is 100 Å². The Kier molecular flexibility index (Phi) is 4.29. The van der Waals surface area contributed by atoms with Crippen LogP contribution in [-0.2, 0) is 17.7 Å². The van der Waals surface area contributed by atoms with E-state index >= 15 is 0 Å². The molecule has 0 aliphatic heterocycles. The number of rotatable bonds is 3. The van der Waals surface area contributed by atoms with Gasteiger partial charge in [0.15, 0.2) is 0 Å². The summed E-state index contributed by atoms with van der Waals surface area (Å²) in [5, 5.41) is 3.58. The van der Waals surface area contributed by atoms with Gasteiger partial charge in [-0.1, -0.05) is 6.92 Å². The van der Waals surface area contributed by atoms with E-state index in [1.165, 1.54) is 4.88 Å². The first-order valence-corrected chi connectivity index (χ1v) is 6.13. The van der Waals surface area contributed by atoms with E-state index in [2.05, 4.69) is 17.2 Å². The molecule has 0 saturated carbocycles. The van der Waals surface area contributed by atoms with Gasteiger partial charge in [-0.15, -0.1) is 11.3 Å². The molecule has 0 aromatic carbocycles. The molecule has 0 saturated heterocycles. The second-order valence-corrected chi connectivity index (χ2v) is 5.63. The van der Waals surface area contributed by atoms with Crippen LogP contribution in [0, 0.1) is 0 Å². The highest BCUT2D eigenvalue weighted by Gasteiger charge is 2.15. The lowest BCUT2D eigenvalue weighted by Crippen LogP contribution is -2.32. The van der Waals surface area contributed by atoms with Crippen LogP contribution in [0.4, 0.5) is 4.79 Å². The summed E-state index contributed by atoms with van der Waals surface area (Å²) in [4.78, 5) is 16.8. The van der Waals surface area contributed by atoms with Gasteiger partial charge in [0.05, 0.1) is 6.54 Å². The van der Waals surface area contributed by atoms with Crippen molar-refractivity contribution in [3.63, 3.8) is 0 Å². The van der Waals surface area contributed by atoms with Gasteiger partial charge in [0, 0.05) is 11.1 Å². The van der Waals surface area contributed by atoms with Gasteiger partial charge < -0.3 is 10.1 Å². The van der Waals surface area contributed by atoms with E-state index in [1.807, 2.05) is 27.0 Å².